The van der Waals surface area contributed by atoms with Crippen molar-refractivity contribution < 1.29 is 4.74 Å². The molecule has 0 bridgehead atoms. The number of nitrogens with one attached hydrogen (secondary N) is 2. The molecule has 0 amide bonds. The van der Waals surface area contributed by atoms with Crippen molar-refractivity contribution in [1.29, 1.82) is 0 Å². The molecule has 0 aliphatic carbocycles. The van der Waals surface area contributed by atoms with Crippen LogP contribution in [-0.4, -0.2) is 25.2 Å². The quantitative estimate of drug-likeness (QED) is 0.621. The van der Waals surface area contributed by atoms with E-state index in [2.05, 4.69) is 41.6 Å². The van der Waals surface area contributed by atoms with E-state index in [1.807, 2.05) is 26.0 Å². The maximum Gasteiger partial charge on any atom is 0.191 e. The lowest BCUT2D eigenvalue weighted by atomic mass is 10.2. The number of benzene rings is 1. The van der Waals surface area contributed by atoms with Gasteiger partial charge in [-0.25, -0.2) is 0 Å². The number of hydrogen-bond acceptors (Lipinski definition) is 2. The van der Waals surface area contributed by atoms with Gasteiger partial charge >= 0.3 is 0 Å². The molecule has 112 valence electrons. The van der Waals surface area contributed by atoms with Gasteiger partial charge in [0.05, 0.1) is 6.10 Å². The Morgan fingerprint density at radius 2 is 1.85 bits per heavy atom. The van der Waals surface area contributed by atoms with Gasteiger partial charge in [0.2, 0.25) is 0 Å². The highest BCUT2D eigenvalue weighted by Gasteiger charge is 2.03. The molecule has 0 saturated carbocycles. The maximum atomic E-state index is 5.63. The van der Waals surface area contributed by atoms with Crippen molar-refractivity contribution >= 4 is 5.96 Å². The molecule has 0 spiro atoms. The normalized spacial score (nSPS) is 13.2. The van der Waals surface area contributed by atoms with Crippen LogP contribution in [0.4, 0.5) is 0 Å². The topological polar surface area (TPSA) is 45.7 Å². The Hall–Kier alpha value is -1.71. The van der Waals surface area contributed by atoms with Gasteiger partial charge in [0.25, 0.3) is 0 Å². The Morgan fingerprint density at radius 3 is 2.35 bits per heavy atom. The van der Waals surface area contributed by atoms with E-state index in [9.17, 15) is 0 Å². The molecular weight excluding hydrogens is 250 g/mol. The van der Waals surface area contributed by atoms with Crippen molar-refractivity contribution in [1.82, 2.24) is 10.6 Å². The Kier molecular flexibility index (Phi) is 6.91. The zero-order valence-electron chi connectivity index (χ0n) is 13.2. The van der Waals surface area contributed by atoms with Crippen LogP contribution in [0.1, 0.15) is 39.7 Å². The van der Waals surface area contributed by atoms with Crippen molar-refractivity contribution in [3.8, 4) is 5.75 Å². The van der Waals surface area contributed by atoms with E-state index in [-0.39, 0.29) is 6.10 Å². The summed E-state index contributed by atoms with van der Waals surface area (Å²) in [5, 5.41) is 6.65. The first-order valence-corrected chi connectivity index (χ1v) is 7.28. The molecule has 0 fully saturated rings. The molecule has 1 atom stereocenters. The molecule has 1 rings (SSSR count). The molecule has 0 aliphatic rings. The van der Waals surface area contributed by atoms with Gasteiger partial charge in [-0.3, -0.25) is 4.99 Å². The highest BCUT2D eigenvalue weighted by Crippen LogP contribution is 2.13. The predicted octanol–water partition coefficient (Wildman–Crippen LogP) is 2.94. The minimum absolute atomic E-state index is 0.206. The standard InChI is InChI=1S/C16H27N3O/c1-6-13(4)19-16(17-5)18-11-14-7-9-15(10-8-14)20-12(2)3/h7-10,12-13H,6,11H2,1-5H3,(H2,17,18,19). The second-order valence-electron chi connectivity index (χ2n) is 5.19. The van der Waals surface area contributed by atoms with Crippen LogP contribution in [0.5, 0.6) is 5.75 Å². The fourth-order valence-corrected chi connectivity index (χ4v) is 1.67. The van der Waals surface area contributed by atoms with E-state index >= 15 is 0 Å². The smallest absolute Gasteiger partial charge is 0.191 e. The first-order valence-electron chi connectivity index (χ1n) is 7.28. The van der Waals surface area contributed by atoms with E-state index in [1.165, 1.54) is 5.56 Å². The van der Waals surface area contributed by atoms with Crippen LogP contribution >= 0.6 is 0 Å². The number of nitrogens with zero attached hydrogens (tertiary/aromatic N) is 1. The van der Waals surface area contributed by atoms with Crippen LogP contribution in [0.25, 0.3) is 0 Å². The van der Waals surface area contributed by atoms with Crippen molar-refractivity contribution in [2.75, 3.05) is 7.05 Å². The number of guanidine groups is 1. The van der Waals surface area contributed by atoms with Crippen molar-refractivity contribution in [3.63, 3.8) is 0 Å². The summed E-state index contributed by atoms with van der Waals surface area (Å²) in [5.74, 6) is 1.74. The Bertz CT molecular complexity index is 412. The van der Waals surface area contributed by atoms with Crippen LogP contribution in [0, 0.1) is 0 Å². The first kappa shape index (κ1) is 16.3. The lowest BCUT2D eigenvalue weighted by Gasteiger charge is -2.16. The van der Waals surface area contributed by atoms with Gasteiger partial charge in [-0.2, -0.15) is 0 Å². The maximum absolute atomic E-state index is 5.63. The fraction of sp³-hybridized carbons (Fsp3) is 0.562. The summed E-state index contributed by atoms with van der Waals surface area (Å²) in [5.41, 5.74) is 1.20. The summed E-state index contributed by atoms with van der Waals surface area (Å²) in [4.78, 5) is 4.22. The SMILES string of the molecule is CCC(C)NC(=NC)NCc1ccc(OC(C)C)cc1. The van der Waals surface area contributed by atoms with Crippen molar-refractivity contribution in [2.45, 2.75) is 52.8 Å². The molecule has 0 aliphatic heterocycles. The van der Waals surface area contributed by atoms with Gasteiger partial charge < -0.3 is 15.4 Å². The minimum atomic E-state index is 0.206. The van der Waals surface area contributed by atoms with Crippen LogP contribution in [0.2, 0.25) is 0 Å². The Morgan fingerprint density at radius 1 is 1.20 bits per heavy atom. The van der Waals surface area contributed by atoms with Gasteiger partial charge in [-0.05, 0) is 44.9 Å². The molecule has 1 aromatic carbocycles. The van der Waals surface area contributed by atoms with E-state index in [0.29, 0.717) is 6.04 Å². The van der Waals surface area contributed by atoms with Gasteiger partial charge in [-0.1, -0.05) is 19.1 Å². The molecule has 20 heavy (non-hydrogen) atoms. The highest BCUT2D eigenvalue weighted by molar-refractivity contribution is 5.79. The van der Waals surface area contributed by atoms with E-state index in [4.69, 9.17) is 4.74 Å². The lowest BCUT2D eigenvalue weighted by molar-refractivity contribution is 0.242. The number of aliphatic imine (C=N–C) groups is 1. The van der Waals surface area contributed by atoms with E-state index in [1.54, 1.807) is 7.05 Å². The van der Waals surface area contributed by atoms with E-state index < -0.39 is 0 Å². The molecular formula is C16H27N3O. The second kappa shape index (κ2) is 8.46. The third-order valence-corrected chi connectivity index (χ3v) is 2.97. The molecule has 2 N–H and O–H groups in total. The minimum Gasteiger partial charge on any atom is -0.491 e. The Labute approximate surface area is 122 Å². The van der Waals surface area contributed by atoms with Gasteiger partial charge in [0, 0.05) is 19.6 Å². The second-order valence-corrected chi connectivity index (χ2v) is 5.19. The van der Waals surface area contributed by atoms with Crippen LogP contribution in [-0.2, 0) is 6.54 Å². The number of hydrogen-bond donors (Lipinski definition) is 2. The average Bonchev–Trinajstić information content (AvgIpc) is 2.44. The third-order valence-electron chi connectivity index (χ3n) is 2.97. The molecule has 4 nitrogen and oxygen atoms in total. The zero-order valence-corrected chi connectivity index (χ0v) is 13.2. The molecule has 4 heteroatoms. The largest absolute Gasteiger partial charge is 0.491 e. The average molecular weight is 277 g/mol. The van der Waals surface area contributed by atoms with Crippen LogP contribution < -0.4 is 15.4 Å². The van der Waals surface area contributed by atoms with Crippen molar-refractivity contribution in [3.05, 3.63) is 29.8 Å². The summed E-state index contributed by atoms with van der Waals surface area (Å²) < 4.78 is 5.63. The monoisotopic (exact) mass is 277 g/mol. The third kappa shape index (κ3) is 5.95. The molecule has 1 aromatic rings. The summed E-state index contributed by atoms with van der Waals surface area (Å²) in [6.07, 6.45) is 1.28. The molecule has 0 saturated heterocycles. The summed E-state index contributed by atoms with van der Waals surface area (Å²) in [6.45, 7) is 9.10. The molecule has 0 radical (unpaired) electrons. The number of ether oxygens (including phenoxy) is 1. The molecule has 0 aromatic heterocycles. The summed E-state index contributed by atoms with van der Waals surface area (Å²) in [6, 6.07) is 8.56. The van der Waals surface area contributed by atoms with Gasteiger partial charge in [-0.15, -0.1) is 0 Å². The summed E-state index contributed by atoms with van der Waals surface area (Å²) in [7, 11) is 1.79. The van der Waals surface area contributed by atoms with Gasteiger partial charge in [0.1, 0.15) is 5.75 Å². The van der Waals surface area contributed by atoms with E-state index in [0.717, 1.165) is 24.7 Å². The van der Waals surface area contributed by atoms with Gasteiger partial charge in [0.15, 0.2) is 5.96 Å². The predicted molar refractivity (Wildman–Crippen MR) is 85.3 cm³/mol. The highest BCUT2D eigenvalue weighted by atomic mass is 16.5. The number of rotatable bonds is 6. The first-order chi connectivity index (χ1) is 9.55. The molecule has 0 heterocycles. The van der Waals surface area contributed by atoms with Crippen LogP contribution in [0.15, 0.2) is 29.3 Å². The Balaban J connectivity index is 2.48. The fourth-order valence-electron chi connectivity index (χ4n) is 1.67. The van der Waals surface area contributed by atoms with Crippen LogP contribution in [0.3, 0.4) is 0 Å². The van der Waals surface area contributed by atoms with Crippen molar-refractivity contribution in [2.24, 2.45) is 4.99 Å². The zero-order chi connectivity index (χ0) is 15.0. The summed E-state index contributed by atoms with van der Waals surface area (Å²) >= 11 is 0. The molecule has 1 unspecified atom stereocenters. The lowest BCUT2D eigenvalue weighted by Crippen LogP contribution is -2.41.